The van der Waals surface area contributed by atoms with E-state index in [1.807, 2.05) is 0 Å². The Hall–Kier alpha value is -0.990. The van der Waals surface area contributed by atoms with Crippen molar-refractivity contribution in [2.75, 3.05) is 5.33 Å². The first-order chi connectivity index (χ1) is 11.9. The molecule has 4 fully saturated rings. The first-order valence-corrected chi connectivity index (χ1v) is 11.2. The summed E-state index contributed by atoms with van der Waals surface area (Å²) in [6.45, 7) is 0. The minimum absolute atomic E-state index is 0.0118. The highest BCUT2D eigenvalue weighted by Crippen LogP contribution is 2.58. The smallest absolute Gasteiger partial charge is 0.262 e. The molecule has 0 unspecified atom stereocenters. The number of benzene rings is 1. The number of hydrogen-bond acceptors (Lipinski definition) is 5. The lowest BCUT2D eigenvalue weighted by molar-refractivity contribution is -0.384. The molecule has 0 aliphatic heterocycles. The summed E-state index contributed by atoms with van der Waals surface area (Å²) in [5, 5.41) is 11.6. The molecular formula is C17H20BrNO5S. The van der Waals surface area contributed by atoms with E-state index in [4.69, 9.17) is 4.18 Å². The van der Waals surface area contributed by atoms with Gasteiger partial charge >= 0.3 is 0 Å². The SMILES string of the molecule is O=[N+]([O-])c1ccc(S(=O)(=O)O[C@@H]2[C@H]3C[C@H]4C[C@@H](C3)[C@@H](CBr)[C@H]2C4)cc1. The van der Waals surface area contributed by atoms with Crippen LogP contribution in [0.2, 0.25) is 0 Å². The number of rotatable bonds is 5. The van der Waals surface area contributed by atoms with Crippen LogP contribution in [0.15, 0.2) is 29.2 Å². The average Bonchev–Trinajstić information content (AvgIpc) is 2.58. The quantitative estimate of drug-likeness (QED) is 0.307. The number of alkyl halides is 1. The molecule has 0 saturated heterocycles. The molecule has 0 radical (unpaired) electrons. The molecule has 4 aliphatic carbocycles. The van der Waals surface area contributed by atoms with E-state index in [0.29, 0.717) is 23.7 Å². The van der Waals surface area contributed by atoms with E-state index in [0.717, 1.165) is 24.6 Å². The Morgan fingerprint density at radius 3 is 2.44 bits per heavy atom. The number of nitro benzene ring substituents is 1. The fourth-order valence-corrected chi connectivity index (χ4v) is 7.49. The lowest BCUT2D eigenvalue weighted by Gasteiger charge is -2.57. The Balaban J connectivity index is 1.57. The van der Waals surface area contributed by atoms with Gasteiger partial charge in [-0.05, 0) is 67.4 Å². The summed E-state index contributed by atoms with van der Waals surface area (Å²) >= 11 is 3.61. The maximum absolute atomic E-state index is 12.7. The second kappa shape index (κ2) is 6.32. The molecule has 0 aromatic heterocycles. The van der Waals surface area contributed by atoms with Crippen molar-refractivity contribution in [3.05, 3.63) is 34.4 Å². The summed E-state index contributed by atoms with van der Waals surface area (Å²) in [4.78, 5) is 10.2. The number of nitro groups is 1. The van der Waals surface area contributed by atoms with Crippen LogP contribution >= 0.6 is 15.9 Å². The lowest BCUT2D eigenvalue weighted by atomic mass is 9.51. The predicted octanol–water partition coefficient (Wildman–Crippen LogP) is 3.75. The van der Waals surface area contributed by atoms with E-state index in [1.54, 1.807) is 0 Å². The van der Waals surface area contributed by atoms with Crippen molar-refractivity contribution in [1.29, 1.82) is 0 Å². The second-order valence-electron chi connectivity index (χ2n) is 7.58. The Kier molecular flexibility index (Phi) is 4.40. The third kappa shape index (κ3) is 3.02. The van der Waals surface area contributed by atoms with E-state index in [2.05, 4.69) is 15.9 Å². The summed E-state index contributed by atoms with van der Waals surface area (Å²) in [5.74, 6) is 2.47. The van der Waals surface area contributed by atoms with Crippen molar-refractivity contribution in [2.45, 2.75) is 36.7 Å². The third-order valence-electron chi connectivity index (χ3n) is 6.28. The molecule has 136 valence electrons. The van der Waals surface area contributed by atoms with Crippen LogP contribution in [0.5, 0.6) is 0 Å². The molecule has 4 saturated carbocycles. The highest BCUT2D eigenvalue weighted by Gasteiger charge is 2.54. The van der Waals surface area contributed by atoms with Crippen LogP contribution in [0.4, 0.5) is 5.69 Å². The summed E-state index contributed by atoms with van der Waals surface area (Å²) in [6.07, 6.45) is 4.15. The van der Waals surface area contributed by atoms with Gasteiger partial charge in [-0.3, -0.25) is 14.3 Å². The maximum Gasteiger partial charge on any atom is 0.297 e. The molecule has 25 heavy (non-hydrogen) atoms. The maximum atomic E-state index is 12.7. The van der Waals surface area contributed by atoms with Gasteiger partial charge in [-0.1, -0.05) is 15.9 Å². The summed E-state index contributed by atoms with van der Waals surface area (Å²) in [6, 6.07) is 4.92. The van der Waals surface area contributed by atoms with Crippen LogP contribution in [-0.2, 0) is 14.3 Å². The number of halogens is 1. The van der Waals surface area contributed by atoms with E-state index < -0.39 is 15.0 Å². The molecule has 1 aromatic rings. The van der Waals surface area contributed by atoms with E-state index in [9.17, 15) is 18.5 Å². The highest BCUT2D eigenvalue weighted by atomic mass is 79.9. The monoisotopic (exact) mass is 429 g/mol. The van der Waals surface area contributed by atoms with Crippen LogP contribution in [0, 0.1) is 39.7 Å². The molecule has 0 amide bonds. The average molecular weight is 430 g/mol. The Morgan fingerprint density at radius 1 is 1.12 bits per heavy atom. The predicted molar refractivity (Wildman–Crippen MR) is 94.9 cm³/mol. The van der Waals surface area contributed by atoms with Crippen LogP contribution < -0.4 is 0 Å². The Bertz CT molecular complexity index is 781. The van der Waals surface area contributed by atoms with Crippen LogP contribution in [0.25, 0.3) is 0 Å². The van der Waals surface area contributed by atoms with Gasteiger partial charge in [-0.25, -0.2) is 0 Å². The number of nitrogens with zero attached hydrogens (tertiary/aromatic N) is 1. The van der Waals surface area contributed by atoms with Crippen molar-refractivity contribution in [1.82, 2.24) is 0 Å². The zero-order valence-electron chi connectivity index (χ0n) is 13.6. The van der Waals surface area contributed by atoms with Crippen molar-refractivity contribution >= 4 is 31.7 Å². The zero-order chi connectivity index (χ0) is 17.8. The second-order valence-corrected chi connectivity index (χ2v) is 9.80. The molecule has 6 nitrogen and oxygen atoms in total. The van der Waals surface area contributed by atoms with Crippen LogP contribution in [-0.4, -0.2) is 24.8 Å². The molecule has 6 atom stereocenters. The van der Waals surface area contributed by atoms with Gasteiger partial charge in [0.1, 0.15) is 0 Å². The number of hydrogen-bond donors (Lipinski definition) is 0. The molecule has 5 rings (SSSR count). The first kappa shape index (κ1) is 17.4. The van der Waals surface area contributed by atoms with Gasteiger partial charge in [0, 0.05) is 17.5 Å². The van der Waals surface area contributed by atoms with Gasteiger partial charge in [0.15, 0.2) is 0 Å². The van der Waals surface area contributed by atoms with Gasteiger partial charge in [0.05, 0.1) is 15.9 Å². The van der Waals surface area contributed by atoms with Gasteiger partial charge in [0.25, 0.3) is 15.8 Å². The fourth-order valence-electron chi connectivity index (χ4n) is 5.31. The standard InChI is InChI=1S/C17H20BrNO5S/c18-9-16-11-5-10-6-12(8-11)17(15(16)7-10)24-25(22,23)14-3-1-13(2-4-14)19(20)21/h1-4,10-12,15-17H,5-9H2/t10-,11+,12+,15-,16-,17-/m1/s1. The summed E-state index contributed by atoms with van der Waals surface area (Å²) < 4.78 is 31.1. The topological polar surface area (TPSA) is 86.5 Å². The molecular weight excluding hydrogens is 410 g/mol. The molecule has 4 bridgehead atoms. The van der Waals surface area contributed by atoms with Crippen molar-refractivity contribution in [3.63, 3.8) is 0 Å². The molecule has 0 N–H and O–H groups in total. The lowest BCUT2D eigenvalue weighted by Crippen LogP contribution is -2.55. The highest BCUT2D eigenvalue weighted by molar-refractivity contribution is 9.09. The van der Waals surface area contributed by atoms with Crippen LogP contribution in [0.3, 0.4) is 0 Å². The zero-order valence-corrected chi connectivity index (χ0v) is 16.0. The summed E-state index contributed by atoms with van der Waals surface area (Å²) in [5.41, 5.74) is -0.132. The van der Waals surface area contributed by atoms with Gasteiger partial charge in [-0.2, -0.15) is 8.42 Å². The molecule has 1 aromatic carbocycles. The molecule has 8 heteroatoms. The summed E-state index contributed by atoms with van der Waals surface area (Å²) in [7, 11) is -3.92. The fraction of sp³-hybridized carbons (Fsp3) is 0.647. The molecule has 0 heterocycles. The Morgan fingerprint density at radius 2 is 1.80 bits per heavy atom. The minimum Gasteiger partial charge on any atom is -0.262 e. The van der Waals surface area contributed by atoms with Gasteiger partial charge in [-0.15, -0.1) is 0 Å². The van der Waals surface area contributed by atoms with E-state index >= 15 is 0 Å². The van der Waals surface area contributed by atoms with E-state index in [-0.39, 0.29) is 22.6 Å². The number of non-ortho nitro benzene ring substituents is 1. The van der Waals surface area contributed by atoms with Crippen LogP contribution in [0.1, 0.15) is 25.7 Å². The van der Waals surface area contributed by atoms with Gasteiger partial charge in [0.2, 0.25) is 0 Å². The first-order valence-electron chi connectivity index (χ1n) is 8.62. The van der Waals surface area contributed by atoms with Crippen molar-refractivity contribution in [2.24, 2.45) is 29.6 Å². The minimum atomic E-state index is -3.92. The van der Waals surface area contributed by atoms with Crippen molar-refractivity contribution in [3.8, 4) is 0 Å². The Labute approximate surface area is 155 Å². The van der Waals surface area contributed by atoms with Gasteiger partial charge < -0.3 is 0 Å². The normalized spacial score (nSPS) is 36.5. The van der Waals surface area contributed by atoms with Crippen molar-refractivity contribution < 1.29 is 17.5 Å². The van der Waals surface area contributed by atoms with E-state index in [1.165, 1.54) is 30.7 Å². The largest absolute Gasteiger partial charge is 0.297 e. The molecule has 4 aliphatic rings. The third-order valence-corrected chi connectivity index (χ3v) is 8.35. The molecule has 0 spiro atoms.